The van der Waals surface area contributed by atoms with E-state index < -0.39 is 0 Å². The van der Waals surface area contributed by atoms with Crippen molar-refractivity contribution in [3.63, 3.8) is 0 Å². The van der Waals surface area contributed by atoms with Gasteiger partial charge in [-0.25, -0.2) is 4.79 Å². The number of rotatable bonds is 4. The zero-order valence-electron chi connectivity index (χ0n) is 9.62. The average molecular weight is 236 g/mol. The van der Waals surface area contributed by atoms with Gasteiger partial charge < -0.3 is 21.7 Å². The minimum atomic E-state index is -0.324. The number of anilines is 2. The third-order valence-electron chi connectivity index (χ3n) is 1.87. The van der Waals surface area contributed by atoms with Gasteiger partial charge in [0.1, 0.15) is 0 Å². The Balaban J connectivity index is 2.59. The van der Waals surface area contributed by atoms with E-state index >= 15 is 0 Å². The largest absolute Gasteiger partial charge is 0.337 e. The van der Waals surface area contributed by atoms with Gasteiger partial charge in [-0.15, -0.1) is 0 Å². The van der Waals surface area contributed by atoms with Gasteiger partial charge in [0.05, 0.1) is 0 Å². The molecule has 0 aliphatic rings. The Morgan fingerprint density at radius 2 is 1.88 bits per heavy atom. The molecule has 0 aliphatic carbocycles. The predicted molar refractivity (Wildman–Crippen MR) is 66.8 cm³/mol. The van der Waals surface area contributed by atoms with Crippen LogP contribution in [0.3, 0.4) is 0 Å². The molecule has 1 rings (SSSR count). The fourth-order valence-electron chi connectivity index (χ4n) is 1.24. The van der Waals surface area contributed by atoms with E-state index in [1.165, 1.54) is 6.92 Å². The molecule has 6 nitrogen and oxygen atoms in total. The summed E-state index contributed by atoms with van der Waals surface area (Å²) >= 11 is 0. The van der Waals surface area contributed by atoms with Crippen LogP contribution in [0.25, 0.3) is 0 Å². The lowest BCUT2D eigenvalue weighted by Gasteiger charge is -2.08. The summed E-state index contributed by atoms with van der Waals surface area (Å²) in [4.78, 5) is 22.2. The van der Waals surface area contributed by atoms with Crippen LogP contribution in [0.4, 0.5) is 16.2 Å². The Labute approximate surface area is 99.6 Å². The van der Waals surface area contributed by atoms with Gasteiger partial charge in [-0.2, -0.15) is 0 Å². The second-order valence-electron chi connectivity index (χ2n) is 3.43. The van der Waals surface area contributed by atoms with E-state index in [9.17, 15) is 9.59 Å². The van der Waals surface area contributed by atoms with Gasteiger partial charge in [-0.05, 0) is 18.2 Å². The molecule has 0 spiro atoms. The van der Waals surface area contributed by atoms with E-state index in [1.807, 2.05) is 0 Å². The minimum absolute atomic E-state index is 0.158. The molecule has 6 heteroatoms. The standard InChI is InChI=1S/C11H16N4O2/c1-8(16)14-9-3-2-4-10(7-9)15-11(17)13-6-5-12/h2-4,7H,5-6,12H2,1H3,(H,14,16)(H2,13,15,17). The smallest absolute Gasteiger partial charge is 0.319 e. The number of hydrogen-bond donors (Lipinski definition) is 4. The third kappa shape index (κ3) is 4.98. The van der Waals surface area contributed by atoms with Crippen molar-refractivity contribution >= 4 is 23.3 Å². The monoisotopic (exact) mass is 236 g/mol. The fourth-order valence-corrected chi connectivity index (χ4v) is 1.24. The lowest BCUT2D eigenvalue weighted by molar-refractivity contribution is -0.114. The van der Waals surface area contributed by atoms with E-state index in [2.05, 4.69) is 16.0 Å². The normalized spacial score (nSPS) is 9.53. The van der Waals surface area contributed by atoms with Crippen molar-refractivity contribution in [2.24, 2.45) is 5.73 Å². The summed E-state index contributed by atoms with van der Waals surface area (Å²) in [6.07, 6.45) is 0. The molecule has 0 heterocycles. The van der Waals surface area contributed by atoms with Gasteiger partial charge in [0.25, 0.3) is 0 Å². The second-order valence-corrected chi connectivity index (χ2v) is 3.43. The molecule has 17 heavy (non-hydrogen) atoms. The number of hydrogen-bond acceptors (Lipinski definition) is 3. The number of carbonyl (C=O) groups is 2. The van der Waals surface area contributed by atoms with Crippen molar-refractivity contribution in [1.29, 1.82) is 0 Å². The van der Waals surface area contributed by atoms with Crippen LogP contribution in [0.5, 0.6) is 0 Å². The molecule has 0 saturated carbocycles. The van der Waals surface area contributed by atoms with E-state index in [-0.39, 0.29) is 11.9 Å². The summed E-state index contributed by atoms with van der Waals surface area (Å²) in [5, 5.41) is 7.84. The third-order valence-corrected chi connectivity index (χ3v) is 1.87. The summed E-state index contributed by atoms with van der Waals surface area (Å²) in [7, 11) is 0. The van der Waals surface area contributed by atoms with Crippen LogP contribution in [-0.2, 0) is 4.79 Å². The predicted octanol–water partition coefficient (Wildman–Crippen LogP) is 0.725. The Bertz CT molecular complexity index is 406. The first-order chi connectivity index (χ1) is 8.11. The number of nitrogens with two attached hydrogens (primary N) is 1. The maximum atomic E-state index is 11.3. The van der Waals surface area contributed by atoms with Crippen LogP contribution < -0.4 is 21.7 Å². The zero-order valence-corrected chi connectivity index (χ0v) is 9.62. The van der Waals surface area contributed by atoms with Crippen molar-refractivity contribution in [3.8, 4) is 0 Å². The highest BCUT2D eigenvalue weighted by atomic mass is 16.2. The molecule has 0 saturated heterocycles. The van der Waals surface area contributed by atoms with E-state index in [4.69, 9.17) is 5.73 Å². The quantitative estimate of drug-likeness (QED) is 0.620. The van der Waals surface area contributed by atoms with Crippen LogP contribution in [0.15, 0.2) is 24.3 Å². The summed E-state index contributed by atoms with van der Waals surface area (Å²) in [6.45, 7) is 2.23. The average Bonchev–Trinajstić information content (AvgIpc) is 2.26. The lowest BCUT2D eigenvalue weighted by Crippen LogP contribution is -2.32. The van der Waals surface area contributed by atoms with Gasteiger partial charge in [0, 0.05) is 31.4 Å². The van der Waals surface area contributed by atoms with Crippen molar-refractivity contribution in [2.45, 2.75) is 6.92 Å². The molecule has 3 amide bonds. The summed E-state index contributed by atoms with van der Waals surface area (Å²) in [6, 6.07) is 6.56. The molecular formula is C11H16N4O2. The van der Waals surface area contributed by atoms with Crippen LogP contribution in [0.1, 0.15) is 6.92 Å². The molecule has 0 unspecified atom stereocenters. The number of benzene rings is 1. The summed E-state index contributed by atoms with van der Waals surface area (Å²) in [5.41, 5.74) is 6.50. The van der Waals surface area contributed by atoms with Gasteiger partial charge in [-0.1, -0.05) is 6.07 Å². The zero-order chi connectivity index (χ0) is 12.7. The van der Waals surface area contributed by atoms with Gasteiger partial charge >= 0.3 is 6.03 Å². The first kappa shape index (κ1) is 13.0. The molecular weight excluding hydrogens is 220 g/mol. The molecule has 0 radical (unpaired) electrons. The fraction of sp³-hybridized carbons (Fsp3) is 0.273. The first-order valence-corrected chi connectivity index (χ1v) is 5.24. The van der Waals surface area contributed by atoms with Gasteiger partial charge in [0.2, 0.25) is 5.91 Å². The van der Waals surface area contributed by atoms with Gasteiger partial charge in [0.15, 0.2) is 0 Å². The minimum Gasteiger partial charge on any atom is -0.337 e. The Hall–Kier alpha value is -2.08. The number of carbonyl (C=O) groups excluding carboxylic acids is 2. The molecule has 0 atom stereocenters. The first-order valence-electron chi connectivity index (χ1n) is 5.24. The van der Waals surface area contributed by atoms with Crippen molar-refractivity contribution in [3.05, 3.63) is 24.3 Å². The van der Waals surface area contributed by atoms with E-state index in [0.717, 1.165) is 0 Å². The van der Waals surface area contributed by atoms with Crippen molar-refractivity contribution in [2.75, 3.05) is 23.7 Å². The Morgan fingerprint density at radius 3 is 2.47 bits per heavy atom. The molecule has 0 aromatic heterocycles. The molecule has 0 fully saturated rings. The van der Waals surface area contributed by atoms with Crippen molar-refractivity contribution in [1.82, 2.24) is 5.32 Å². The molecule has 5 N–H and O–H groups in total. The van der Waals surface area contributed by atoms with Crippen LogP contribution in [-0.4, -0.2) is 25.0 Å². The van der Waals surface area contributed by atoms with E-state index in [0.29, 0.717) is 24.5 Å². The highest BCUT2D eigenvalue weighted by Gasteiger charge is 2.01. The van der Waals surface area contributed by atoms with Crippen LogP contribution in [0, 0.1) is 0 Å². The van der Waals surface area contributed by atoms with Crippen molar-refractivity contribution < 1.29 is 9.59 Å². The number of nitrogens with one attached hydrogen (secondary N) is 3. The highest BCUT2D eigenvalue weighted by Crippen LogP contribution is 2.14. The summed E-state index contributed by atoms with van der Waals surface area (Å²) < 4.78 is 0. The Morgan fingerprint density at radius 1 is 1.24 bits per heavy atom. The molecule has 0 bridgehead atoms. The number of urea groups is 1. The second kappa shape index (κ2) is 6.49. The Kier molecular flexibility index (Phi) is 4.96. The van der Waals surface area contributed by atoms with Gasteiger partial charge in [-0.3, -0.25) is 4.79 Å². The molecule has 0 aliphatic heterocycles. The molecule has 92 valence electrons. The van der Waals surface area contributed by atoms with E-state index in [1.54, 1.807) is 24.3 Å². The number of amides is 3. The molecule has 1 aromatic carbocycles. The SMILES string of the molecule is CC(=O)Nc1cccc(NC(=O)NCCN)c1. The maximum absolute atomic E-state index is 11.3. The highest BCUT2D eigenvalue weighted by molar-refractivity contribution is 5.92. The lowest BCUT2D eigenvalue weighted by atomic mass is 10.3. The summed E-state index contributed by atoms with van der Waals surface area (Å²) in [5.74, 6) is -0.158. The van der Waals surface area contributed by atoms with Crippen LogP contribution in [0.2, 0.25) is 0 Å². The molecule has 1 aromatic rings. The maximum Gasteiger partial charge on any atom is 0.319 e. The topological polar surface area (TPSA) is 96.2 Å². The van der Waals surface area contributed by atoms with Crippen LogP contribution >= 0.6 is 0 Å².